The van der Waals surface area contributed by atoms with Gasteiger partial charge in [0.1, 0.15) is 6.61 Å². The van der Waals surface area contributed by atoms with Gasteiger partial charge in [0.15, 0.2) is 0 Å². The molecule has 7 heteroatoms. The van der Waals surface area contributed by atoms with Crippen molar-refractivity contribution in [2.75, 3.05) is 5.75 Å². The Hall–Kier alpha value is -2.75. The van der Waals surface area contributed by atoms with Crippen LogP contribution in [0.2, 0.25) is 5.02 Å². The van der Waals surface area contributed by atoms with Crippen molar-refractivity contribution in [1.82, 2.24) is 5.32 Å². The molecule has 1 unspecified atom stereocenters. The number of amides is 1. The summed E-state index contributed by atoms with van der Waals surface area (Å²) >= 11 is 7.35. The van der Waals surface area contributed by atoms with Gasteiger partial charge in [0.05, 0.1) is 22.4 Å². The molecule has 5 nitrogen and oxygen atoms in total. The van der Waals surface area contributed by atoms with Crippen LogP contribution < -0.4 is 5.32 Å². The number of ether oxygens (including phenoxy) is 1. The molecule has 0 spiro atoms. The molecule has 0 fully saturated rings. The molecule has 2 aromatic carbocycles. The van der Waals surface area contributed by atoms with Crippen LogP contribution in [0.25, 0.3) is 0 Å². The number of benzene rings is 2. The SMILES string of the molecule is N#CC1=C(SCC(=O)OCc2ccccc2)NC(=O)CC1c1ccccc1Cl. The summed E-state index contributed by atoms with van der Waals surface area (Å²) < 4.78 is 5.25. The second-order valence-corrected chi connectivity index (χ2v) is 7.51. The molecule has 3 rings (SSSR count). The standard InChI is InChI=1S/C21H17ClN2O3S/c22-18-9-5-4-8-15(18)16-10-19(25)24-21(17(16)11-23)28-13-20(26)27-12-14-6-2-1-3-7-14/h1-9,16H,10,12-13H2,(H,24,25). The van der Waals surface area contributed by atoms with Gasteiger partial charge in [0, 0.05) is 17.4 Å². The van der Waals surface area contributed by atoms with Gasteiger partial charge in [-0.3, -0.25) is 9.59 Å². The van der Waals surface area contributed by atoms with E-state index in [1.165, 1.54) is 0 Å². The quantitative estimate of drug-likeness (QED) is 0.721. The van der Waals surface area contributed by atoms with Crippen molar-refractivity contribution in [3.8, 4) is 6.07 Å². The van der Waals surface area contributed by atoms with E-state index in [0.717, 1.165) is 22.9 Å². The fraction of sp³-hybridized carbons (Fsp3) is 0.190. The second-order valence-electron chi connectivity index (χ2n) is 6.12. The molecule has 0 radical (unpaired) electrons. The summed E-state index contributed by atoms with van der Waals surface area (Å²) in [5.74, 6) is -1.09. The second kappa shape index (κ2) is 9.45. The summed E-state index contributed by atoms with van der Waals surface area (Å²) in [7, 11) is 0. The van der Waals surface area contributed by atoms with E-state index in [1.54, 1.807) is 18.2 Å². The maximum atomic E-state index is 12.2. The number of halogens is 1. The third-order valence-electron chi connectivity index (χ3n) is 4.21. The molecule has 2 aromatic rings. The minimum atomic E-state index is -0.435. The van der Waals surface area contributed by atoms with Crippen LogP contribution in [0.3, 0.4) is 0 Å². The maximum Gasteiger partial charge on any atom is 0.316 e. The number of nitrogens with one attached hydrogen (secondary N) is 1. The summed E-state index contributed by atoms with van der Waals surface area (Å²) in [4.78, 5) is 24.2. The molecule has 1 N–H and O–H groups in total. The van der Waals surface area contributed by atoms with Crippen molar-refractivity contribution in [3.63, 3.8) is 0 Å². The van der Waals surface area contributed by atoms with Crippen molar-refractivity contribution >= 4 is 35.2 Å². The van der Waals surface area contributed by atoms with E-state index in [1.807, 2.05) is 36.4 Å². The van der Waals surface area contributed by atoms with E-state index in [-0.39, 0.29) is 24.7 Å². The Morgan fingerprint density at radius 2 is 1.93 bits per heavy atom. The van der Waals surface area contributed by atoms with Gasteiger partial charge in [-0.2, -0.15) is 5.26 Å². The highest BCUT2D eigenvalue weighted by molar-refractivity contribution is 8.03. The highest BCUT2D eigenvalue weighted by Gasteiger charge is 2.31. The average molecular weight is 413 g/mol. The highest BCUT2D eigenvalue weighted by Crippen LogP contribution is 2.38. The van der Waals surface area contributed by atoms with Crippen LogP contribution in [0.15, 0.2) is 65.2 Å². The van der Waals surface area contributed by atoms with Gasteiger partial charge in [-0.15, -0.1) is 0 Å². The van der Waals surface area contributed by atoms with Crippen molar-refractivity contribution in [1.29, 1.82) is 5.26 Å². The molecule has 1 aliphatic rings. The van der Waals surface area contributed by atoms with Crippen LogP contribution in [0.5, 0.6) is 0 Å². The normalized spacial score (nSPS) is 16.3. The first-order chi connectivity index (χ1) is 13.6. The van der Waals surface area contributed by atoms with E-state index < -0.39 is 11.9 Å². The van der Waals surface area contributed by atoms with E-state index >= 15 is 0 Å². The van der Waals surface area contributed by atoms with Crippen LogP contribution in [-0.4, -0.2) is 17.6 Å². The Bertz CT molecular complexity index is 954. The number of nitrogens with zero attached hydrogens (tertiary/aromatic N) is 1. The minimum absolute atomic E-state index is 0.0110. The highest BCUT2D eigenvalue weighted by atomic mass is 35.5. The number of hydrogen-bond acceptors (Lipinski definition) is 5. The molecule has 142 valence electrons. The molecule has 28 heavy (non-hydrogen) atoms. The first-order valence-electron chi connectivity index (χ1n) is 8.59. The molecule has 1 heterocycles. The summed E-state index contributed by atoms with van der Waals surface area (Å²) in [6.07, 6.45) is 0.134. The van der Waals surface area contributed by atoms with Crippen molar-refractivity contribution in [3.05, 3.63) is 81.3 Å². The lowest BCUT2D eigenvalue weighted by molar-refractivity contribution is -0.141. The van der Waals surface area contributed by atoms with Gasteiger partial charge >= 0.3 is 5.97 Å². The van der Waals surface area contributed by atoms with E-state index in [2.05, 4.69) is 11.4 Å². The molecule has 0 bridgehead atoms. The van der Waals surface area contributed by atoms with Gasteiger partial charge < -0.3 is 10.1 Å². The van der Waals surface area contributed by atoms with Crippen molar-refractivity contribution in [2.24, 2.45) is 0 Å². The largest absolute Gasteiger partial charge is 0.460 e. The molecular weight excluding hydrogens is 396 g/mol. The summed E-state index contributed by atoms with van der Waals surface area (Å²) in [5, 5.41) is 13.2. The number of thioether (sulfide) groups is 1. The summed E-state index contributed by atoms with van der Waals surface area (Å²) in [5.41, 5.74) is 2.01. The Morgan fingerprint density at radius 3 is 2.64 bits per heavy atom. The van der Waals surface area contributed by atoms with E-state index in [0.29, 0.717) is 15.6 Å². The average Bonchev–Trinajstić information content (AvgIpc) is 2.71. The van der Waals surface area contributed by atoms with Gasteiger partial charge in [0.25, 0.3) is 0 Å². The lowest BCUT2D eigenvalue weighted by Crippen LogP contribution is -2.31. The first-order valence-corrected chi connectivity index (χ1v) is 9.95. The molecule has 0 aliphatic carbocycles. The van der Waals surface area contributed by atoms with Crippen LogP contribution in [-0.2, 0) is 20.9 Å². The minimum Gasteiger partial charge on any atom is -0.460 e. The fourth-order valence-electron chi connectivity index (χ4n) is 2.87. The van der Waals surface area contributed by atoms with Gasteiger partial charge in [-0.25, -0.2) is 0 Å². The number of rotatable bonds is 6. The number of esters is 1. The molecule has 1 aliphatic heterocycles. The van der Waals surface area contributed by atoms with E-state index in [9.17, 15) is 14.9 Å². The predicted molar refractivity (Wildman–Crippen MR) is 108 cm³/mol. The number of carbonyl (C=O) groups is 2. The molecule has 0 aromatic heterocycles. The lowest BCUT2D eigenvalue weighted by Gasteiger charge is -2.25. The predicted octanol–water partition coefficient (Wildman–Crippen LogP) is 4.16. The zero-order valence-electron chi connectivity index (χ0n) is 14.9. The molecule has 0 saturated heterocycles. The monoisotopic (exact) mass is 412 g/mol. The Morgan fingerprint density at radius 1 is 1.21 bits per heavy atom. The van der Waals surface area contributed by atoms with Gasteiger partial charge in [-0.1, -0.05) is 71.9 Å². The zero-order chi connectivity index (χ0) is 19.9. The number of carbonyl (C=O) groups excluding carboxylic acids is 2. The van der Waals surface area contributed by atoms with E-state index in [4.69, 9.17) is 16.3 Å². The Labute approximate surface area is 172 Å². The molecule has 0 saturated carbocycles. The number of nitriles is 1. The zero-order valence-corrected chi connectivity index (χ0v) is 16.4. The Kier molecular flexibility index (Phi) is 6.75. The number of allylic oxidation sites excluding steroid dienone is 1. The summed E-state index contributed by atoms with van der Waals surface area (Å²) in [6.45, 7) is 0.180. The van der Waals surface area contributed by atoms with Crippen LogP contribution in [0.1, 0.15) is 23.5 Å². The maximum absolute atomic E-state index is 12.2. The van der Waals surface area contributed by atoms with Crippen LogP contribution in [0, 0.1) is 11.3 Å². The van der Waals surface area contributed by atoms with Gasteiger partial charge in [0.2, 0.25) is 5.91 Å². The van der Waals surface area contributed by atoms with Crippen molar-refractivity contribution in [2.45, 2.75) is 18.9 Å². The number of hydrogen-bond donors (Lipinski definition) is 1. The van der Waals surface area contributed by atoms with Crippen molar-refractivity contribution < 1.29 is 14.3 Å². The molecular formula is C21H17ClN2O3S. The van der Waals surface area contributed by atoms with Crippen LogP contribution >= 0.6 is 23.4 Å². The first kappa shape index (κ1) is 20.0. The summed E-state index contributed by atoms with van der Waals surface area (Å²) in [6, 6.07) is 18.7. The third-order valence-corrected chi connectivity index (χ3v) is 5.55. The smallest absolute Gasteiger partial charge is 0.316 e. The fourth-order valence-corrected chi connectivity index (χ4v) is 4.01. The third kappa shape index (κ3) is 4.94. The van der Waals surface area contributed by atoms with Crippen LogP contribution in [0.4, 0.5) is 0 Å². The van der Waals surface area contributed by atoms with Gasteiger partial charge in [-0.05, 0) is 17.2 Å². The Balaban J connectivity index is 1.70. The lowest BCUT2D eigenvalue weighted by atomic mass is 9.87. The molecule has 1 atom stereocenters. The topological polar surface area (TPSA) is 79.2 Å². The molecule has 1 amide bonds.